The highest BCUT2D eigenvalue weighted by Crippen LogP contribution is 2.33. The van der Waals surface area contributed by atoms with E-state index in [0.29, 0.717) is 30.0 Å². The van der Waals surface area contributed by atoms with E-state index in [1.165, 1.54) is 12.8 Å². The average Bonchev–Trinajstić information content (AvgIpc) is 2.98. The third-order valence-electron chi connectivity index (χ3n) is 8.53. The van der Waals surface area contributed by atoms with E-state index in [4.69, 9.17) is 16.4 Å². The van der Waals surface area contributed by atoms with Crippen LogP contribution in [0.5, 0.6) is 0 Å². The first-order chi connectivity index (χ1) is 18.9. The zero-order chi connectivity index (χ0) is 27.6. The monoisotopic (exact) mass is 527 g/mol. The number of rotatable bonds is 10. The molecule has 2 aromatic carbocycles. The lowest BCUT2D eigenvalue weighted by molar-refractivity contribution is -0.134. The molecule has 4 rings (SSSR count). The smallest absolute Gasteiger partial charge is 0.243 e. The van der Waals surface area contributed by atoms with Crippen molar-refractivity contribution in [2.45, 2.75) is 83.2 Å². The van der Waals surface area contributed by atoms with Crippen LogP contribution in [-0.4, -0.2) is 23.7 Å². The Labute approximate surface area is 232 Å². The summed E-state index contributed by atoms with van der Waals surface area (Å²) in [5.41, 5.74) is 8.86. The SMILES string of the molecule is N#Cc1ccc(CNC(=O)[C@@H](NC(=O)C(Cc2ccc(C(=N)N)cc2)C2CCCCC2)C2CCCCC2)cc1. The summed E-state index contributed by atoms with van der Waals surface area (Å²) in [7, 11) is 0. The Hall–Kier alpha value is -3.66. The number of nitrogens with two attached hydrogens (primary N) is 1. The Bertz CT molecular complexity index is 1160. The van der Waals surface area contributed by atoms with Crippen molar-refractivity contribution in [2.24, 2.45) is 23.5 Å². The molecule has 0 spiro atoms. The molecule has 0 aromatic heterocycles. The van der Waals surface area contributed by atoms with Crippen LogP contribution in [-0.2, 0) is 22.6 Å². The number of hydrogen-bond donors (Lipinski definition) is 4. The minimum absolute atomic E-state index is 0.0263. The molecule has 2 aromatic rings. The normalized spacial score (nSPS) is 17.9. The molecule has 2 atom stereocenters. The number of nitrogens with zero attached hydrogens (tertiary/aromatic N) is 1. The van der Waals surface area contributed by atoms with Crippen molar-refractivity contribution in [1.29, 1.82) is 10.7 Å². The molecule has 39 heavy (non-hydrogen) atoms. The maximum absolute atomic E-state index is 13.9. The number of carbonyl (C=O) groups excluding carboxylic acids is 2. The van der Waals surface area contributed by atoms with Gasteiger partial charge < -0.3 is 16.4 Å². The second-order valence-corrected chi connectivity index (χ2v) is 11.2. The molecule has 0 bridgehead atoms. The second-order valence-electron chi connectivity index (χ2n) is 11.2. The van der Waals surface area contributed by atoms with Gasteiger partial charge >= 0.3 is 0 Å². The quantitative estimate of drug-likeness (QED) is 0.257. The summed E-state index contributed by atoms with van der Waals surface area (Å²) < 4.78 is 0. The molecule has 7 heteroatoms. The van der Waals surface area contributed by atoms with Crippen molar-refractivity contribution in [2.75, 3.05) is 0 Å². The lowest BCUT2D eigenvalue weighted by Crippen LogP contribution is -2.53. The van der Waals surface area contributed by atoms with Crippen LogP contribution in [0.1, 0.15) is 86.5 Å². The van der Waals surface area contributed by atoms with E-state index in [2.05, 4.69) is 16.7 Å². The Morgan fingerprint density at radius 3 is 1.97 bits per heavy atom. The minimum Gasteiger partial charge on any atom is -0.384 e. The summed E-state index contributed by atoms with van der Waals surface area (Å²) in [6.45, 7) is 0.359. The maximum Gasteiger partial charge on any atom is 0.243 e. The predicted octanol–water partition coefficient (Wildman–Crippen LogP) is 4.96. The van der Waals surface area contributed by atoms with Crippen LogP contribution in [0, 0.1) is 34.5 Å². The molecule has 2 saturated carbocycles. The Balaban J connectivity index is 1.49. The predicted molar refractivity (Wildman–Crippen MR) is 153 cm³/mol. The molecule has 206 valence electrons. The Morgan fingerprint density at radius 1 is 0.846 bits per heavy atom. The van der Waals surface area contributed by atoms with Crippen LogP contribution in [0.25, 0.3) is 0 Å². The van der Waals surface area contributed by atoms with Crippen LogP contribution in [0.4, 0.5) is 0 Å². The van der Waals surface area contributed by atoms with E-state index in [1.807, 2.05) is 36.4 Å². The van der Waals surface area contributed by atoms with Gasteiger partial charge in [0.25, 0.3) is 0 Å². The number of nitriles is 1. The number of nitrogen functional groups attached to an aromatic ring is 1. The summed E-state index contributed by atoms with van der Waals surface area (Å²) in [5.74, 6) is 0.0938. The van der Waals surface area contributed by atoms with Gasteiger partial charge in [0.15, 0.2) is 0 Å². The molecular formula is C32H41N5O2. The maximum atomic E-state index is 13.9. The number of amides is 2. The van der Waals surface area contributed by atoms with E-state index in [1.54, 1.807) is 12.1 Å². The first-order valence-corrected chi connectivity index (χ1v) is 14.4. The van der Waals surface area contributed by atoms with Gasteiger partial charge in [0.1, 0.15) is 11.9 Å². The number of hydrogen-bond acceptors (Lipinski definition) is 4. The topological polar surface area (TPSA) is 132 Å². The van der Waals surface area contributed by atoms with Crippen molar-refractivity contribution in [3.63, 3.8) is 0 Å². The highest BCUT2D eigenvalue weighted by atomic mass is 16.2. The Morgan fingerprint density at radius 2 is 1.41 bits per heavy atom. The fourth-order valence-electron chi connectivity index (χ4n) is 6.21. The molecule has 2 fully saturated rings. The molecule has 2 amide bonds. The first-order valence-electron chi connectivity index (χ1n) is 14.4. The molecule has 1 unspecified atom stereocenters. The second kappa shape index (κ2) is 13.9. The fraction of sp³-hybridized carbons (Fsp3) is 0.500. The molecule has 0 saturated heterocycles. The molecular weight excluding hydrogens is 486 g/mol. The number of nitrogens with one attached hydrogen (secondary N) is 3. The van der Waals surface area contributed by atoms with Crippen molar-refractivity contribution >= 4 is 17.6 Å². The van der Waals surface area contributed by atoms with Crippen LogP contribution in [0.15, 0.2) is 48.5 Å². The van der Waals surface area contributed by atoms with Crippen LogP contribution < -0.4 is 16.4 Å². The van der Waals surface area contributed by atoms with E-state index in [-0.39, 0.29) is 29.5 Å². The lowest BCUT2D eigenvalue weighted by atomic mass is 9.76. The van der Waals surface area contributed by atoms with Gasteiger partial charge in [-0.05, 0) is 67.2 Å². The highest BCUT2D eigenvalue weighted by Gasteiger charge is 2.35. The summed E-state index contributed by atoms with van der Waals surface area (Å²) in [6.07, 6.45) is 11.4. The molecule has 0 heterocycles. The third kappa shape index (κ3) is 7.92. The third-order valence-corrected chi connectivity index (χ3v) is 8.53. The van der Waals surface area contributed by atoms with Gasteiger partial charge in [-0.2, -0.15) is 5.26 Å². The molecule has 0 aliphatic heterocycles. The summed E-state index contributed by atoms with van der Waals surface area (Å²) >= 11 is 0. The number of benzene rings is 2. The van der Waals surface area contributed by atoms with E-state index >= 15 is 0 Å². The molecule has 7 nitrogen and oxygen atoms in total. The van der Waals surface area contributed by atoms with Gasteiger partial charge in [-0.25, -0.2) is 0 Å². The highest BCUT2D eigenvalue weighted by molar-refractivity contribution is 5.95. The molecule has 0 radical (unpaired) electrons. The Kier molecular flexibility index (Phi) is 10.1. The van der Waals surface area contributed by atoms with E-state index in [9.17, 15) is 9.59 Å². The minimum atomic E-state index is -0.553. The zero-order valence-electron chi connectivity index (χ0n) is 22.8. The fourth-order valence-corrected chi connectivity index (χ4v) is 6.21. The van der Waals surface area contributed by atoms with E-state index in [0.717, 1.165) is 62.5 Å². The van der Waals surface area contributed by atoms with Gasteiger partial charge in [0.2, 0.25) is 11.8 Å². The van der Waals surface area contributed by atoms with Gasteiger partial charge in [-0.3, -0.25) is 15.0 Å². The van der Waals surface area contributed by atoms with Crippen LogP contribution in [0.2, 0.25) is 0 Å². The first kappa shape index (κ1) is 28.4. The van der Waals surface area contributed by atoms with Crippen LogP contribution >= 0.6 is 0 Å². The summed E-state index contributed by atoms with van der Waals surface area (Å²) in [6, 6.07) is 16.4. The number of amidine groups is 1. The molecule has 2 aliphatic rings. The van der Waals surface area contributed by atoms with Crippen molar-refractivity contribution in [3.05, 3.63) is 70.8 Å². The average molecular weight is 528 g/mol. The largest absolute Gasteiger partial charge is 0.384 e. The van der Waals surface area contributed by atoms with Crippen molar-refractivity contribution < 1.29 is 9.59 Å². The van der Waals surface area contributed by atoms with Gasteiger partial charge in [0.05, 0.1) is 11.6 Å². The summed E-state index contributed by atoms with van der Waals surface area (Å²) in [5, 5.41) is 23.0. The number of carbonyl (C=O) groups is 2. The van der Waals surface area contributed by atoms with Crippen molar-refractivity contribution in [1.82, 2.24) is 10.6 Å². The molecule has 5 N–H and O–H groups in total. The molecule has 2 aliphatic carbocycles. The summed E-state index contributed by atoms with van der Waals surface area (Å²) in [4.78, 5) is 27.5. The van der Waals surface area contributed by atoms with Gasteiger partial charge in [0, 0.05) is 18.0 Å². The van der Waals surface area contributed by atoms with Gasteiger partial charge in [-0.1, -0.05) is 74.9 Å². The standard InChI is InChI=1S/C32H41N5O2/c33-20-23-11-13-24(14-12-23)21-36-32(39)29(26-9-5-2-6-10-26)37-31(38)28(25-7-3-1-4-8-25)19-22-15-17-27(18-16-22)30(34)35/h11-18,25-26,28-29H,1-10,19,21H2,(H3,34,35)(H,36,39)(H,37,38)/t28?,29-/m0/s1. The van der Waals surface area contributed by atoms with Gasteiger partial charge in [-0.15, -0.1) is 0 Å². The zero-order valence-corrected chi connectivity index (χ0v) is 22.8. The lowest BCUT2D eigenvalue weighted by Gasteiger charge is -2.34. The van der Waals surface area contributed by atoms with Crippen molar-refractivity contribution in [3.8, 4) is 6.07 Å². The van der Waals surface area contributed by atoms with E-state index < -0.39 is 6.04 Å². The van der Waals surface area contributed by atoms with Crippen LogP contribution in [0.3, 0.4) is 0 Å².